The van der Waals surface area contributed by atoms with Crippen LogP contribution in [0.25, 0.3) is 0 Å². The number of alkyl halides is 3. The molecule has 0 aliphatic carbocycles. The van der Waals surface area contributed by atoms with Crippen molar-refractivity contribution in [2.45, 2.75) is 37.8 Å². The third kappa shape index (κ3) is 5.00. The zero-order chi connectivity index (χ0) is 20.6. The topological polar surface area (TPSA) is 92.6 Å². The quantitative estimate of drug-likeness (QED) is 0.693. The van der Waals surface area contributed by atoms with Crippen molar-refractivity contribution in [2.75, 3.05) is 31.9 Å². The summed E-state index contributed by atoms with van der Waals surface area (Å²) in [6.45, 7) is 2.96. The summed E-state index contributed by atoms with van der Waals surface area (Å²) in [5, 5.41) is 4.09. The van der Waals surface area contributed by atoms with Gasteiger partial charge >= 0.3 is 6.18 Å². The van der Waals surface area contributed by atoms with Crippen LogP contribution in [0.2, 0.25) is 0 Å². The van der Waals surface area contributed by atoms with Crippen molar-refractivity contribution in [1.82, 2.24) is 18.4 Å². The minimum absolute atomic E-state index is 0.0167. The number of halogens is 3. The SMILES string of the molecule is Cc1nn(C)c(C)c1S(=O)(=O)N1CCCN(S(=O)(=O)CCC(F)(F)F)CC1. The normalized spacial score (nSPS) is 18.6. The molecule has 1 aliphatic rings. The second kappa shape index (κ2) is 7.68. The van der Waals surface area contributed by atoms with Gasteiger partial charge in [-0.3, -0.25) is 4.68 Å². The number of nitrogens with zero attached hydrogens (tertiary/aromatic N) is 4. The molecule has 2 heterocycles. The van der Waals surface area contributed by atoms with E-state index in [4.69, 9.17) is 0 Å². The summed E-state index contributed by atoms with van der Waals surface area (Å²) in [4.78, 5) is 0.0818. The Bertz CT molecular complexity index is 894. The summed E-state index contributed by atoms with van der Waals surface area (Å²) in [7, 11) is -6.37. The lowest BCUT2D eigenvalue weighted by molar-refractivity contribution is -0.130. The van der Waals surface area contributed by atoms with Gasteiger partial charge in [-0.2, -0.15) is 22.6 Å². The molecular formula is C14H23F3N4O4S2. The average Bonchev–Trinajstić information content (AvgIpc) is 2.71. The number of aryl methyl sites for hydroxylation is 2. The van der Waals surface area contributed by atoms with Crippen LogP contribution in [-0.2, 0) is 27.1 Å². The van der Waals surface area contributed by atoms with Gasteiger partial charge < -0.3 is 0 Å². The van der Waals surface area contributed by atoms with Gasteiger partial charge in [-0.25, -0.2) is 21.1 Å². The fourth-order valence-electron chi connectivity index (χ4n) is 3.02. The highest BCUT2D eigenvalue weighted by Crippen LogP contribution is 2.25. The van der Waals surface area contributed by atoms with E-state index in [-0.39, 0.29) is 37.5 Å². The minimum atomic E-state index is -4.57. The standard InChI is InChI=1S/C14H23F3N4O4S2/c1-11-13(12(2)19(3)18-11)27(24,25)21-7-4-6-20(8-9-21)26(22,23)10-5-14(15,16)17/h4-10H2,1-3H3. The van der Waals surface area contributed by atoms with Crippen LogP contribution in [0.5, 0.6) is 0 Å². The Morgan fingerprint density at radius 3 is 2.07 bits per heavy atom. The summed E-state index contributed by atoms with van der Waals surface area (Å²) >= 11 is 0. The van der Waals surface area contributed by atoms with Crippen LogP contribution in [0, 0.1) is 13.8 Å². The van der Waals surface area contributed by atoms with Crippen LogP contribution < -0.4 is 0 Å². The Kier molecular flexibility index (Phi) is 6.29. The van der Waals surface area contributed by atoms with Gasteiger partial charge in [0.2, 0.25) is 20.0 Å². The van der Waals surface area contributed by atoms with Gasteiger partial charge in [0.05, 0.1) is 23.6 Å². The lowest BCUT2D eigenvalue weighted by Gasteiger charge is -2.22. The summed E-state index contributed by atoms with van der Waals surface area (Å²) < 4.78 is 90.8. The van der Waals surface area contributed by atoms with E-state index in [0.717, 1.165) is 4.31 Å². The molecule has 0 amide bonds. The monoisotopic (exact) mass is 432 g/mol. The van der Waals surface area contributed by atoms with Gasteiger partial charge in [-0.15, -0.1) is 0 Å². The Morgan fingerprint density at radius 2 is 1.56 bits per heavy atom. The molecule has 156 valence electrons. The van der Waals surface area contributed by atoms with Crippen molar-refractivity contribution in [3.8, 4) is 0 Å². The van der Waals surface area contributed by atoms with Crippen LogP contribution in [0.15, 0.2) is 4.90 Å². The zero-order valence-corrected chi connectivity index (χ0v) is 17.0. The first kappa shape index (κ1) is 22.1. The van der Waals surface area contributed by atoms with E-state index in [1.807, 2.05) is 0 Å². The number of rotatable bonds is 5. The molecule has 0 spiro atoms. The lowest BCUT2D eigenvalue weighted by atomic mass is 10.4. The van der Waals surface area contributed by atoms with Crippen molar-refractivity contribution in [3.63, 3.8) is 0 Å². The molecule has 0 saturated carbocycles. The van der Waals surface area contributed by atoms with Gasteiger partial charge in [-0.05, 0) is 20.3 Å². The molecular weight excluding hydrogens is 409 g/mol. The van der Waals surface area contributed by atoms with Gasteiger partial charge in [0.1, 0.15) is 4.90 Å². The first-order chi connectivity index (χ1) is 12.3. The lowest BCUT2D eigenvalue weighted by Crippen LogP contribution is -2.39. The number of sulfonamides is 2. The molecule has 0 unspecified atom stereocenters. The van der Waals surface area contributed by atoms with Crippen LogP contribution in [-0.4, -0.2) is 73.3 Å². The van der Waals surface area contributed by atoms with E-state index in [1.165, 1.54) is 8.99 Å². The highest BCUT2D eigenvalue weighted by Gasteiger charge is 2.36. The maximum atomic E-state index is 13.0. The molecule has 1 aromatic heterocycles. The Hall–Kier alpha value is -1.18. The Morgan fingerprint density at radius 1 is 1.00 bits per heavy atom. The predicted molar refractivity (Wildman–Crippen MR) is 92.1 cm³/mol. The maximum Gasteiger partial charge on any atom is 0.390 e. The van der Waals surface area contributed by atoms with Gasteiger partial charge in [0, 0.05) is 33.2 Å². The smallest absolute Gasteiger partial charge is 0.271 e. The van der Waals surface area contributed by atoms with Crippen LogP contribution >= 0.6 is 0 Å². The summed E-state index contributed by atoms with van der Waals surface area (Å²) in [5.74, 6) is -1.04. The molecule has 13 heteroatoms. The minimum Gasteiger partial charge on any atom is -0.271 e. The molecule has 27 heavy (non-hydrogen) atoms. The summed E-state index contributed by atoms with van der Waals surface area (Å²) in [5.41, 5.74) is 0.806. The van der Waals surface area contributed by atoms with E-state index in [9.17, 15) is 30.0 Å². The highest BCUT2D eigenvalue weighted by atomic mass is 32.2. The van der Waals surface area contributed by atoms with Gasteiger partial charge in [0.15, 0.2) is 0 Å². The summed E-state index contributed by atoms with van der Waals surface area (Å²) in [6.07, 6.45) is -5.80. The fourth-order valence-corrected chi connectivity index (χ4v) is 6.40. The number of hydrogen-bond acceptors (Lipinski definition) is 5. The molecule has 0 radical (unpaired) electrons. The fraction of sp³-hybridized carbons (Fsp3) is 0.786. The second-order valence-corrected chi connectivity index (χ2v) is 10.4. The molecule has 8 nitrogen and oxygen atoms in total. The highest BCUT2D eigenvalue weighted by molar-refractivity contribution is 7.89. The van der Waals surface area contributed by atoms with E-state index in [1.54, 1.807) is 20.9 Å². The second-order valence-electron chi connectivity index (χ2n) is 6.46. The van der Waals surface area contributed by atoms with E-state index < -0.39 is 38.4 Å². The van der Waals surface area contributed by atoms with E-state index in [0.29, 0.717) is 11.4 Å². The molecule has 1 aliphatic heterocycles. The van der Waals surface area contributed by atoms with Crippen molar-refractivity contribution >= 4 is 20.0 Å². The Balaban J connectivity index is 2.17. The first-order valence-electron chi connectivity index (χ1n) is 8.30. The van der Waals surface area contributed by atoms with Crippen LogP contribution in [0.4, 0.5) is 13.2 Å². The zero-order valence-electron chi connectivity index (χ0n) is 15.3. The first-order valence-corrected chi connectivity index (χ1v) is 11.4. The van der Waals surface area contributed by atoms with Gasteiger partial charge in [-0.1, -0.05) is 0 Å². The molecule has 0 bridgehead atoms. The van der Waals surface area contributed by atoms with E-state index in [2.05, 4.69) is 5.10 Å². The molecule has 0 N–H and O–H groups in total. The van der Waals surface area contributed by atoms with Crippen molar-refractivity contribution < 1.29 is 30.0 Å². The average molecular weight is 432 g/mol. The third-order valence-electron chi connectivity index (χ3n) is 4.49. The van der Waals surface area contributed by atoms with Crippen molar-refractivity contribution in [3.05, 3.63) is 11.4 Å². The molecule has 1 aromatic rings. The molecule has 1 saturated heterocycles. The molecule has 2 rings (SSSR count). The molecule has 0 aromatic carbocycles. The van der Waals surface area contributed by atoms with Crippen molar-refractivity contribution in [1.29, 1.82) is 0 Å². The Labute approximate surface area is 157 Å². The largest absolute Gasteiger partial charge is 0.390 e. The number of aromatic nitrogens is 2. The van der Waals surface area contributed by atoms with Gasteiger partial charge in [0.25, 0.3) is 0 Å². The van der Waals surface area contributed by atoms with Crippen LogP contribution in [0.3, 0.4) is 0 Å². The van der Waals surface area contributed by atoms with E-state index >= 15 is 0 Å². The number of hydrogen-bond donors (Lipinski definition) is 0. The van der Waals surface area contributed by atoms with Crippen LogP contribution in [0.1, 0.15) is 24.2 Å². The van der Waals surface area contributed by atoms with Crippen molar-refractivity contribution in [2.24, 2.45) is 7.05 Å². The summed E-state index contributed by atoms with van der Waals surface area (Å²) in [6, 6.07) is 0. The predicted octanol–water partition coefficient (Wildman–Crippen LogP) is 1.02. The third-order valence-corrected chi connectivity index (χ3v) is 8.51. The maximum absolute atomic E-state index is 13.0. The molecule has 0 atom stereocenters. The molecule has 1 fully saturated rings.